The van der Waals surface area contributed by atoms with E-state index in [1.54, 1.807) is 23.5 Å². The van der Waals surface area contributed by atoms with Crippen LogP contribution in [-0.2, 0) is 6.67 Å². The molecule has 0 unspecified atom stereocenters. The van der Waals surface area contributed by atoms with Gasteiger partial charge < -0.3 is 0 Å². The van der Waals surface area contributed by atoms with Gasteiger partial charge in [-0.2, -0.15) is 4.68 Å². The molecule has 4 aromatic rings. The molecule has 25 heavy (non-hydrogen) atoms. The number of benzene rings is 2. The second kappa shape index (κ2) is 6.34. The summed E-state index contributed by atoms with van der Waals surface area (Å²) in [6, 6.07) is 15.4. The number of nitrogens with zero attached hydrogens (tertiary/aromatic N) is 5. The molecule has 0 aliphatic heterocycles. The lowest BCUT2D eigenvalue weighted by atomic mass is 10.2. The summed E-state index contributed by atoms with van der Waals surface area (Å²) in [5.41, 5.74) is 1.49. The largest absolute Gasteiger partial charge is 0.278 e. The molecular formula is C18H17N5OS. The lowest BCUT2D eigenvalue weighted by Crippen LogP contribution is -2.33. The van der Waals surface area contributed by atoms with E-state index < -0.39 is 0 Å². The molecule has 1 atom stereocenters. The summed E-state index contributed by atoms with van der Waals surface area (Å²) >= 11 is 1.67. The predicted octanol–water partition coefficient (Wildman–Crippen LogP) is 3.05. The van der Waals surface area contributed by atoms with Crippen molar-refractivity contribution < 1.29 is 0 Å². The fraction of sp³-hybridized carbons (Fsp3) is 0.222. The van der Waals surface area contributed by atoms with E-state index in [1.165, 1.54) is 9.38 Å². The molecule has 0 radical (unpaired) electrons. The number of thiazole rings is 1. The molecule has 0 amide bonds. The molecule has 0 bridgehead atoms. The molecule has 0 saturated carbocycles. The molecule has 7 heteroatoms. The molecule has 0 aliphatic carbocycles. The zero-order valence-corrected chi connectivity index (χ0v) is 14.8. The van der Waals surface area contributed by atoms with Crippen molar-refractivity contribution in [2.24, 2.45) is 0 Å². The van der Waals surface area contributed by atoms with Crippen LogP contribution in [-0.4, -0.2) is 31.9 Å². The molecule has 0 fully saturated rings. The van der Waals surface area contributed by atoms with Crippen molar-refractivity contribution in [3.8, 4) is 0 Å². The van der Waals surface area contributed by atoms with E-state index in [-0.39, 0.29) is 11.6 Å². The van der Waals surface area contributed by atoms with Crippen LogP contribution in [0.3, 0.4) is 0 Å². The van der Waals surface area contributed by atoms with Gasteiger partial charge in [-0.1, -0.05) is 29.5 Å². The van der Waals surface area contributed by atoms with E-state index in [0.717, 1.165) is 10.5 Å². The lowest BCUT2D eigenvalue weighted by molar-refractivity contribution is 0.189. The minimum atomic E-state index is -0.131. The summed E-state index contributed by atoms with van der Waals surface area (Å²) in [4.78, 5) is 19.3. The minimum absolute atomic E-state index is 0.0672. The van der Waals surface area contributed by atoms with Crippen LogP contribution in [0, 0.1) is 0 Å². The molecule has 2 aromatic heterocycles. The Morgan fingerprint density at radius 1 is 1.12 bits per heavy atom. The Balaban J connectivity index is 1.62. The smallest absolute Gasteiger partial charge is 0.278 e. The Morgan fingerprint density at radius 3 is 2.64 bits per heavy atom. The molecule has 2 aromatic carbocycles. The molecule has 6 nitrogen and oxygen atoms in total. The van der Waals surface area contributed by atoms with Gasteiger partial charge in [0.05, 0.1) is 28.3 Å². The van der Waals surface area contributed by atoms with E-state index in [0.29, 0.717) is 17.6 Å². The van der Waals surface area contributed by atoms with Gasteiger partial charge in [-0.25, -0.2) is 4.98 Å². The van der Waals surface area contributed by atoms with Crippen molar-refractivity contribution in [3.05, 3.63) is 63.9 Å². The molecule has 126 valence electrons. The van der Waals surface area contributed by atoms with E-state index in [2.05, 4.69) is 23.3 Å². The van der Waals surface area contributed by atoms with Crippen LogP contribution >= 0.6 is 11.3 Å². The topological polar surface area (TPSA) is 63.9 Å². The Bertz CT molecular complexity index is 1070. The SMILES string of the molecule is C[C@@H](c1nc2ccccc2s1)N(C)Cn1nnc2ccccc2c1=O. The van der Waals surface area contributed by atoms with Crippen molar-refractivity contribution in [1.29, 1.82) is 0 Å². The Labute approximate surface area is 148 Å². The first-order valence-electron chi connectivity index (χ1n) is 8.02. The number of aromatic nitrogens is 4. The first-order chi connectivity index (χ1) is 12.1. The molecule has 0 saturated heterocycles. The van der Waals surface area contributed by atoms with Gasteiger partial charge >= 0.3 is 0 Å². The molecule has 0 aliphatic rings. The number of hydrogen-bond donors (Lipinski definition) is 0. The van der Waals surface area contributed by atoms with Gasteiger partial charge in [0, 0.05) is 0 Å². The van der Waals surface area contributed by atoms with Crippen LogP contribution in [0.15, 0.2) is 53.3 Å². The summed E-state index contributed by atoms with van der Waals surface area (Å²) in [6.07, 6.45) is 0. The fourth-order valence-electron chi connectivity index (χ4n) is 2.71. The van der Waals surface area contributed by atoms with E-state index in [4.69, 9.17) is 4.98 Å². The van der Waals surface area contributed by atoms with Gasteiger partial charge in [-0.15, -0.1) is 16.4 Å². The van der Waals surface area contributed by atoms with Crippen LogP contribution in [0.5, 0.6) is 0 Å². The highest BCUT2D eigenvalue weighted by molar-refractivity contribution is 7.18. The molecule has 4 rings (SSSR count). The minimum Gasteiger partial charge on any atom is -0.278 e. The number of rotatable bonds is 4. The third-order valence-corrected chi connectivity index (χ3v) is 5.52. The first kappa shape index (κ1) is 15.9. The van der Waals surface area contributed by atoms with Crippen molar-refractivity contribution in [1.82, 2.24) is 24.9 Å². The third kappa shape index (κ3) is 2.92. The van der Waals surface area contributed by atoms with Gasteiger partial charge in [-0.05, 0) is 38.2 Å². The number of para-hydroxylation sites is 1. The summed E-state index contributed by atoms with van der Waals surface area (Å²) in [7, 11) is 1.96. The summed E-state index contributed by atoms with van der Waals surface area (Å²) in [5.74, 6) is 0. The average molecular weight is 351 g/mol. The average Bonchev–Trinajstić information content (AvgIpc) is 3.07. The zero-order chi connectivity index (χ0) is 17.4. The first-order valence-corrected chi connectivity index (χ1v) is 8.83. The maximum Gasteiger partial charge on any atom is 0.278 e. The Morgan fingerprint density at radius 2 is 1.84 bits per heavy atom. The zero-order valence-electron chi connectivity index (χ0n) is 14.0. The highest BCUT2D eigenvalue weighted by Crippen LogP contribution is 2.28. The molecule has 0 N–H and O–H groups in total. The molecular weight excluding hydrogens is 334 g/mol. The number of fused-ring (bicyclic) bond motifs is 2. The van der Waals surface area contributed by atoms with Crippen molar-refractivity contribution in [2.75, 3.05) is 7.05 Å². The maximum atomic E-state index is 12.6. The van der Waals surface area contributed by atoms with E-state index in [1.807, 2.05) is 42.3 Å². The number of hydrogen-bond acceptors (Lipinski definition) is 6. The second-order valence-electron chi connectivity index (χ2n) is 6.01. The highest BCUT2D eigenvalue weighted by atomic mass is 32.1. The molecule has 0 spiro atoms. The van der Waals surface area contributed by atoms with Crippen molar-refractivity contribution in [3.63, 3.8) is 0 Å². The maximum absolute atomic E-state index is 12.6. The summed E-state index contributed by atoms with van der Waals surface area (Å²) in [5, 5.41) is 9.80. The summed E-state index contributed by atoms with van der Waals surface area (Å²) in [6.45, 7) is 2.44. The summed E-state index contributed by atoms with van der Waals surface area (Å²) < 4.78 is 2.56. The van der Waals surface area contributed by atoms with Crippen LogP contribution in [0.1, 0.15) is 18.0 Å². The van der Waals surface area contributed by atoms with Crippen molar-refractivity contribution >= 4 is 32.5 Å². The predicted molar refractivity (Wildman–Crippen MR) is 99.6 cm³/mol. The monoisotopic (exact) mass is 351 g/mol. The lowest BCUT2D eigenvalue weighted by Gasteiger charge is -2.22. The van der Waals surface area contributed by atoms with E-state index in [9.17, 15) is 4.79 Å². The van der Waals surface area contributed by atoms with Gasteiger partial charge in [0.25, 0.3) is 5.56 Å². The normalized spacial score (nSPS) is 12.9. The van der Waals surface area contributed by atoms with Crippen LogP contribution in [0.25, 0.3) is 21.1 Å². The van der Waals surface area contributed by atoms with Gasteiger partial charge in [0.1, 0.15) is 10.5 Å². The quantitative estimate of drug-likeness (QED) is 0.565. The van der Waals surface area contributed by atoms with Crippen LogP contribution in [0.2, 0.25) is 0 Å². The molecule has 2 heterocycles. The Hall–Kier alpha value is -2.64. The van der Waals surface area contributed by atoms with Crippen LogP contribution in [0.4, 0.5) is 0 Å². The standard InChI is InChI=1S/C18H17N5OS/c1-12(17-19-15-9-5-6-10-16(15)25-17)22(2)11-23-18(24)13-7-3-4-8-14(13)20-21-23/h3-10,12H,11H2,1-2H3/t12-/m0/s1. The third-order valence-electron chi connectivity index (χ3n) is 4.32. The van der Waals surface area contributed by atoms with Crippen LogP contribution < -0.4 is 5.56 Å². The fourth-order valence-corrected chi connectivity index (χ4v) is 3.79. The highest BCUT2D eigenvalue weighted by Gasteiger charge is 2.17. The van der Waals surface area contributed by atoms with E-state index >= 15 is 0 Å². The van der Waals surface area contributed by atoms with Crippen molar-refractivity contribution in [2.45, 2.75) is 19.6 Å². The van der Waals surface area contributed by atoms with Gasteiger partial charge in [-0.3, -0.25) is 9.69 Å². The second-order valence-corrected chi connectivity index (χ2v) is 7.07. The van der Waals surface area contributed by atoms with Gasteiger partial charge in [0.15, 0.2) is 0 Å². The Kier molecular flexibility index (Phi) is 4.03. The van der Waals surface area contributed by atoms with Gasteiger partial charge in [0.2, 0.25) is 0 Å².